The van der Waals surface area contributed by atoms with Crippen molar-refractivity contribution in [2.24, 2.45) is 0 Å². The maximum Gasteiger partial charge on any atom is 0.332 e. The second kappa shape index (κ2) is 7.66. The zero-order valence-corrected chi connectivity index (χ0v) is 16.5. The Bertz CT molecular complexity index is 927. The summed E-state index contributed by atoms with van der Waals surface area (Å²) in [4.78, 5) is 45.1. The number of nitrogens with one attached hydrogen (secondary N) is 1. The highest BCUT2D eigenvalue weighted by atomic mass is 16.2. The smallest absolute Gasteiger partial charge is 0.332 e. The molecule has 0 unspecified atom stereocenters. The lowest BCUT2D eigenvalue weighted by Crippen LogP contribution is -2.49. The standard InChI is InChI=1S/C22H24N4O3/c1-14(2)15-3-5-18(6-4-15)26-21(28)19-13-17(9-12-25(19)22(26)29)24-20(27)16-7-10-23-11-8-16/h3-8,10-11,14,17,19H,9,12-13H2,1-2H3,(H,24,27)/t17-,19+/m0/s1. The molecule has 2 saturated heterocycles. The second-order valence-electron chi connectivity index (χ2n) is 7.84. The molecular formula is C22H24N4O3. The summed E-state index contributed by atoms with van der Waals surface area (Å²) in [5.74, 6) is -0.0379. The SMILES string of the molecule is CC(C)c1ccc(N2C(=O)[C@H]3C[C@@H](NC(=O)c4ccncc4)CCN3C2=O)cc1. The van der Waals surface area contributed by atoms with Crippen LogP contribution in [0.1, 0.15) is 48.5 Å². The van der Waals surface area contributed by atoms with Gasteiger partial charge in [0.05, 0.1) is 5.69 Å². The van der Waals surface area contributed by atoms with Gasteiger partial charge in [-0.25, -0.2) is 9.69 Å². The minimum atomic E-state index is -0.538. The van der Waals surface area contributed by atoms with Crippen LogP contribution in [0.3, 0.4) is 0 Å². The van der Waals surface area contributed by atoms with E-state index in [0.29, 0.717) is 36.6 Å². The molecule has 2 aliphatic heterocycles. The van der Waals surface area contributed by atoms with Crippen molar-refractivity contribution in [1.82, 2.24) is 15.2 Å². The van der Waals surface area contributed by atoms with Gasteiger partial charge in [0.15, 0.2) is 0 Å². The van der Waals surface area contributed by atoms with Crippen LogP contribution in [0.4, 0.5) is 10.5 Å². The summed E-state index contributed by atoms with van der Waals surface area (Å²) >= 11 is 0. The van der Waals surface area contributed by atoms with Crippen molar-refractivity contribution in [1.29, 1.82) is 0 Å². The number of urea groups is 1. The fourth-order valence-electron chi connectivity index (χ4n) is 3.95. The molecule has 1 aromatic carbocycles. The average molecular weight is 392 g/mol. The van der Waals surface area contributed by atoms with E-state index in [9.17, 15) is 14.4 Å². The van der Waals surface area contributed by atoms with Crippen molar-refractivity contribution in [2.45, 2.75) is 44.7 Å². The first kappa shape index (κ1) is 19.1. The van der Waals surface area contributed by atoms with Crippen LogP contribution in [0, 0.1) is 0 Å². The lowest BCUT2D eigenvalue weighted by molar-refractivity contribution is -0.120. The first-order valence-corrected chi connectivity index (χ1v) is 9.91. The number of rotatable bonds is 4. The largest absolute Gasteiger partial charge is 0.349 e. The van der Waals surface area contributed by atoms with Crippen molar-refractivity contribution in [3.05, 3.63) is 59.9 Å². The molecule has 0 spiro atoms. The number of carbonyl (C=O) groups excluding carboxylic acids is 3. The number of hydrogen-bond donors (Lipinski definition) is 1. The Labute approximate surface area is 169 Å². The van der Waals surface area contributed by atoms with Gasteiger partial charge in [0.1, 0.15) is 6.04 Å². The summed E-state index contributed by atoms with van der Waals surface area (Å²) in [7, 11) is 0. The van der Waals surface area contributed by atoms with Gasteiger partial charge in [0.2, 0.25) is 0 Å². The maximum atomic E-state index is 13.0. The van der Waals surface area contributed by atoms with Crippen LogP contribution in [-0.4, -0.2) is 46.4 Å². The third kappa shape index (κ3) is 3.60. The van der Waals surface area contributed by atoms with E-state index in [2.05, 4.69) is 24.1 Å². The minimum Gasteiger partial charge on any atom is -0.349 e. The highest BCUT2D eigenvalue weighted by Crippen LogP contribution is 2.31. The molecule has 2 aromatic rings. The number of fused-ring (bicyclic) bond motifs is 1. The Hall–Kier alpha value is -3.22. The Morgan fingerprint density at radius 3 is 2.45 bits per heavy atom. The zero-order valence-electron chi connectivity index (χ0n) is 16.5. The molecule has 0 aliphatic carbocycles. The van der Waals surface area contributed by atoms with Crippen molar-refractivity contribution in [3.8, 4) is 0 Å². The number of benzene rings is 1. The number of anilines is 1. The van der Waals surface area contributed by atoms with E-state index in [1.54, 1.807) is 29.4 Å². The predicted molar refractivity (Wildman–Crippen MR) is 109 cm³/mol. The molecule has 2 fully saturated rings. The lowest BCUT2D eigenvalue weighted by atomic mass is 9.97. The first-order chi connectivity index (χ1) is 14.0. The highest BCUT2D eigenvalue weighted by Gasteiger charge is 2.48. The molecule has 1 aromatic heterocycles. The molecule has 7 heteroatoms. The van der Waals surface area contributed by atoms with Crippen LogP contribution in [-0.2, 0) is 4.79 Å². The molecule has 29 heavy (non-hydrogen) atoms. The van der Waals surface area contributed by atoms with E-state index in [0.717, 1.165) is 5.56 Å². The summed E-state index contributed by atoms with van der Waals surface area (Å²) in [5.41, 5.74) is 2.28. The van der Waals surface area contributed by atoms with Gasteiger partial charge >= 0.3 is 6.03 Å². The fraction of sp³-hybridized carbons (Fsp3) is 0.364. The number of carbonyl (C=O) groups is 3. The normalized spacial score (nSPS) is 21.5. The Kier molecular flexibility index (Phi) is 5.05. The molecule has 0 radical (unpaired) electrons. The van der Waals surface area contributed by atoms with Gasteiger partial charge in [-0.3, -0.25) is 14.6 Å². The van der Waals surface area contributed by atoms with Gasteiger partial charge in [0.25, 0.3) is 11.8 Å². The summed E-state index contributed by atoms with van der Waals surface area (Å²) in [5, 5.41) is 2.98. The van der Waals surface area contributed by atoms with Crippen LogP contribution in [0.15, 0.2) is 48.8 Å². The fourth-order valence-corrected chi connectivity index (χ4v) is 3.95. The molecule has 4 rings (SSSR count). The van der Waals surface area contributed by atoms with Crippen LogP contribution in [0.25, 0.3) is 0 Å². The minimum absolute atomic E-state index is 0.156. The lowest BCUT2D eigenvalue weighted by Gasteiger charge is -2.32. The summed E-state index contributed by atoms with van der Waals surface area (Å²) in [6.45, 7) is 4.64. The molecule has 1 N–H and O–H groups in total. The number of hydrogen-bond acceptors (Lipinski definition) is 4. The summed E-state index contributed by atoms with van der Waals surface area (Å²) < 4.78 is 0. The quantitative estimate of drug-likeness (QED) is 0.811. The van der Waals surface area contributed by atoms with Crippen LogP contribution < -0.4 is 10.2 Å². The molecule has 2 atom stereocenters. The van der Waals surface area contributed by atoms with Gasteiger partial charge in [-0.05, 0) is 48.6 Å². The third-order valence-corrected chi connectivity index (χ3v) is 5.64. The predicted octanol–water partition coefficient (Wildman–Crippen LogP) is 2.93. The van der Waals surface area contributed by atoms with Gasteiger partial charge in [-0.2, -0.15) is 0 Å². The number of pyridine rings is 1. The Balaban J connectivity index is 1.47. The Morgan fingerprint density at radius 2 is 1.79 bits per heavy atom. The van der Waals surface area contributed by atoms with E-state index >= 15 is 0 Å². The van der Waals surface area contributed by atoms with Crippen molar-refractivity contribution in [2.75, 3.05) is 11.4 Å². The molecule has 4 amide bonds. The summed E-state index contributed by atoms with van der Waals surface area (Å²) in [6.07, 6.45) is 4.17. The Morgan fingerprint density at radius 1 is 1.10 bits per heavy atom. The van der Waals surface area contributed by atoms with Gasteiger partial charge in [0, 0.05) is 30.5 Å². The van der Waals surface area contributed by atoms with E-state index in [1.807, 2.05) is 24.3 Å². The van der Waals surface area contributed by atoms with Gasteiger partial charge in [-0.15, -0.1) is 0 Å². The molecule has 7 nitrogen and oxygen atoms in total. The van der Waals surface area contributed by atoms with Crippen molar-refractivity contribution >= 4 is 23.5 Å². The van der Waals surface area contributed by atoms with Crippen LogP contribution >= 0.6 is 0 Å². The molecular weight excluding hydrogens is 368 g/mol. The second-order valence-corrected chi connectivity index (χ2v) is 7.84. The van der Waals surface area contributed by atoms with E-state index < -0.39 is 6.04 Å². The number of piperidine rings is 1. The maximum absolute atomic E-state index is 13.0. The highest BCUT2D eigenvalue weighted by molar-refractivity contribution is 6.21. The van der Waals surface area contributed by atoms with E-state index in [4.69, 9.17) is 0 Å². The van der Waals surface area contributed by atoms with Gasteiger partial charge in [-0.1, -0.05) is 26.0 Å². The van der Waals surface area contributed by atoms with Crippen LogP contribution in [0.5, 0.6) is 0 Å². The molecule has 0 bridgehead atoms. The molecule has 3 heterocycles. The van der Waals surface area contributed by atoms with Gasteiger partial charge < -0.3 is 10.2 Å². The number of nitrogens with zero attached hydrogens (tertiary/aromatic N) is 3. The van der Waals surface area contributed by atoms with E-state index in [1.165, 1.54) is 4.90 Å². The first-order valence-electron chi connectivity index (χ1n) is 9.91. The van der Waals surface area contributed by atoms with Crippen molar-refractivity contribution < 1.29 is 14.4 Å². The average Bonchev–Trinajstić information content (AvgIpc) is 2.98. The van der Waals surface area contributed by atoms with Crippen molar-refractivity contribution in [3.63, 3.8) is 0 Å². The third-order valence-electron chi connectivity index (χ3n) is 5.64. The zero-order chi connectivity index (χ0) is 20.5. The number of imide groups is 1. The number of amides is 4. The topological polar surface area (TPSA) is 82.6 Å². The molecule has 150 valence electrons. The monoisotopic (exact) mass is 392 g/mol. The summed E-state index contributed by atoms with van der Waals surface area (Å²) in [6, 6.07) is 9.88. The number of aromatic nitrogens is 1. The molecule has 2 aliphatic rings. The van der Waals surface area contributed by atoms with E-state index in [-0.39, 0.29) is 23.9 Å². The molecule has 0 saturated carbocycles. The van der Waals surface area contributed by atoms with Crippen LogP contribution in [0.2, 0.25) is 0 Å².